The maximum atomic E-state index is 13.6. The van der Waals surface area contributed by atoms with E-state index >= 15 is 0 Å². The topological polar surface area (TPSA) is 56.5 Å². The van der Waals surface area contributed by atoms with Gasteiger partial charge in [-0.2, -0.15) is 4.39 Å². The van der Waals surface area contributed by atoms with E-state index in [1.165, 1.54) is 10.9 Å². The third kappa shape index (κ3) is 2.72. The van der Waals surface area contributed by atoms with Gasteiger partial charge in [0.2, 0.25) is 5.95 Å². The molecule has 2 heterocycles. The zero-order valence-electron chi connectivity index (χ0n) is 10.5. The SMILES string of the molecule is Fc1ncccc1Cn1nnnc1-c1cccc(Cl)c1Cl. The van der Waals surface area contributed by atoms with E-state index in [-0.39, 0.29) is 6.54 Å². The number of hydrogen-bond donors (Lipinski definition) is 0. The van der Waals surface area contributed by atoms with Crippen molar-refractivity contribution in [2.75, 3.05) is 0 Å². The highest BCUT2D eigenvalue weighted by Gasteiger charge is 2.15. The van der Waals surface area contributed by atoms with Gasteiger partial charge in [0.15, 0.2) is 5.82 Å². The van der Waals surface area contributed by atoms with Crippen LogP contribution in [0, 0.1) is 5.95 Å². The largest absolute Gasteiger partial charge is 0.228 e. The second kappa shape index (κ2) is 5.75. The normalized spacial score (nSPS) is 10.8. The van der Waals surface area contributed by atoms with Gasteiger partial charge in [-0.05, 0) is 28.6 Å². The minimum atomic E-state index is -0.559. The highest BCUT2D eigenvalue weighted by Crippen LogP contribution is 2.32. The van der Waals surface area contributed by atoms with E-state index in [1.54, 1.807) is 30.3 Å². The summed E-state index contributed by atoms with van der Waals surface area (Å²) in [5, 5.41) is 12.2. The molecule has 0 aliphatic carbocycles. The second-order valence-electron chi connectivity index (χ2n) is 4.21. The van der Waals surface area contributed by atoms with Crippen LogP contribution < -0.4 is 0 Å². The smallest absolute Gasteiger partial charge is 0.217 e. The zero-order valence-corrected chi connectivity index (χ0v) is 12.1. The van der Waals surface area contributed by atoms with E-state index in [2.05, 4.69) is 20.5 Å². The summed E-state index contributed by atoms with van der Waals surface area (Å²) < 4.78 is 15.1. The molecular formula is C13H8Cl2FN5. The van der Waals surface area contributed by atoms with E-state index in [4.69, 9.17) is 23.2 Å². The van der Waals surface area contributed by atoms with Crippen molar-refractivity contribution in [1.29, 1.82) is 0 Å². The number of benzene rings is 1. The number of tetrazole rings is 1. The molecule has 0 atom stereocenters. The number of aromatic nitrogens is 5. The minimum absolute atomic E-state index is 0.144. The third-order valence-electron chi connectivity index (χ3n) is 2.88. The molecule has 3 rings (SSSR count). The van der Waals surface area contributed by atoms with E-state index < -0.39 is 5.95 Å². The van der Waals surface area contributed by atoms with E-state index in [1.807, 2.05) is 0 Å². The lowest BCUT2D eigenvalue weighted by Gasteiger charge is -2.07. The van der Waals surface area contributed by atoms with Crippen LogP contribution >= 0.6 is 23.2 Å². The average molecular weight is 324 g/mol. The summed E-state index contributed by atoms with van der Waals surface area (Å²) in [4.78, 5) is 3.60. The number of nitrogens with zero attached hydrogens (tertiary/aromatic N) is 5. The Kier molecular flexibility index (Phi) is 3.81. The molecule has 0 unspecified atom stereocenters. The summed E-state index contributed by atoms with van der Waals surface area (Å²) in [5.74, 6) is -0.151. The molecule has 8 heteroatoms. The molecule has 3 aromatic rings. The Balaban J connectivity index is 2.02. The highest BCUT2D eigenvalue weighted by molar-refractivity contribution is 6.43. The lowest BCUT2D eigenvalue weighted by molar-refractivity contribution is 0.546. The Hall–Kier alpha value is -2.05. The first-order chi connectivity index (χ1) is 10.2. The molecule has 106 valence electrons. The summed E-state index contributed by atoms with van der Waals surface area (Å²) in [7, 11) is 0. The molecule has 0 radical (unpaired) electrons. The number of pyridine rings is 1. The maximum absolute atomic E-state index is 13.6. The van der Waals surface area contributed by atoms with Gasteiger partial charge in [0.05, 0.1) is 16.6 Å². The summed E-state index contributed by atoms with van der Waals surface area (Å²) in [5.41, 5.74) is 0.961. The lowest BCUT2D eigenvalue weighted by atomic mass is 10.2. The summed E-state index contributed by atoms with van der Waals surface area (Å²) in [6.45, 7) is 0.144. The average Bonchev–Trinajstić information content (AvgIpc) is 2.92. The lowest BCUT2D eigenvalue weighted by Crippen LogP contribution is -2.07. The molecule has 5 nitrogen and oxygen atoms in total. The van der Waals surface area contributed by atoms with Crippen molar-refractivity contribution in [2.24, 2.45) is 0 Å². The van der Waals surface area contributed by atoms with E-state index in [0.717, 1.165) is 0 Å². The molecule has 0 fully saturated rings. The highest BCUT2D eigenvalue weighted by atomic mass is 35.5. The molecule has 0 aliphatic heterocycles. The predicted octanol–water partition coefficient (Wildman–Crippen LogP) is 3.23. The van der Waals surface area contributed by atoms with Gasteiger partial charge in [-0.25, -0.2) is 9.67 Å². The van der Waals surface area contributed by atoms with Crippen LogP contribution in [0.3, 0.4) is 0 Å². The van der Waals surface area contributed by atoms with Crippen molar-refractivity contribution in [3.63, 3.8) is 0 Å². The molecule has 0 amide bonds. The Morgan fingerprint density at radius 2 is 2.00 bits per heavy atom. The van der Waals surface area contributed by atoms with Crippen molar-refractivity contribution >= 4 is 23.2 Å². The zero-order chi connectivity index (χ0) is 14.8. The van der Waals surface area contributed by atoms with E-state index in [0.29, 0.717) is 27.0 Å². The number of hydrogen-bond acceptors (Lipinski definition) is 4. The molecule has 21 heavy (non-hydrogen) atoms. The molecule has 2 aromatic heterocycles. The molecule has 0 bridgehead atoms. The van der Waals surface area contributed by atoms with Gasteiger partial charge in [-0.3, -0.25) is 0 Å². The first-order valence-electron chi connectivity index (χ1n) is 5.97. The Labute approximate surface area is 129 Å². The van der Waals surface area contributed by atoms with Crippen molar-refractivity contribution < 1.29 is 4.39 Å². The van der Waals surface area contributed by atoms with Crippen molar-refractivity contribution in [3.05, 3.63) is 58.1 Å². The van der Waals surface area contributed by atoms with Crippen LogP contribution in [0.5, 0.6) is 0 Å². The summed E-state index contributed by atoms with van der Waals surface area (Å²) >= 11 is 12.2. The van der Waals surface area contributed by atoms with Crippen LogP contribution in [-0.2, 0) is 6.54 Å². The van der Waals surface area contributed by atoms with Gasteiger partial charge in [-0.15, -0.1) is 5.10 Å². The van der Waals surface area contributed by atoms with E-state index in [9.17, 15) is 4.39 Å². The standard InChI is InChI=1S/C13H8Cl2FN5/c14-10-5-1-4-9(11(10)15)13-18-19-20-21(13)7-8-3-2-6-17-12(8)16/h1-6H,7H2. The van der Waals surface area contributed by atoms with Gasteiger partial charge in [0.1, 0.15) is 0 Å². The summed E-state index contributed by atoms with van der Waals surface area (Å²) in [6.07, 6.45) is 1.38. The maximum Gasteiger partial charge on any atom is 0.217 e. The first-order valence-corrected chi connectivity index (χ1v) is 6.72. The Bertz CT molecular complexity index is 790. The van der Waals surface area contributed by atoms with Gasteiger partial charge in [0, 0.05) is 17.3 Å². The van der Waals surface area contributed by atoms with Gasteiger partial charge < -0.3 is 0 Å². The monoisotopic (exact) mass is 323 g/mol. The molecule has 0 spiro atoms. The van der Waals surface area contributed by atoms with Gasteiger partial charge >= 0.3 is 0 Å². The molecule has 0 N–H and O–H groups in total. The fraction of sp³-hybridized carbons (Fsp3) is 0.0769. The number of halogens is 3. The Morgan fingerprint density at radius 1 is 1.14 bits per heavy atom. The Morgan fingerprint density at radius 3 is 2.81 bits per heavy atom. The van der Waals surface area contributed by atoms with Crippen LogP contribution in [-0.4, -0.2) is 25.2 Å². The van der Waals surface area contributed by atoms with Gasteiger partial charge in [0.25, 0.3) is 0 Å². The molecule has 1 aromatic carbocycles. The van der Waals surface area contributed by atoms with Gasteiger partial charge in [-0.1, -0.05) is 35.3 Å². The van der Waals surface area contributed by atoms with Crippen LogP contribution in [0.4, 0.5) is 4.39 Å². The van der Waals surface area contributed by atoms with Crippen LogP contribution in [0.1, 0.15) is 5.56 Å². The quantitative estimate of drug-likeness (QED) is 0.694. The van der Waals surface area contributed by atoms with Crippen molar-refractivity contribution in [2.45, 2.75) is 6.54 Å². The van der Waals surface area contributed by atoms with Crippen molar-refractivity contribution in [3.8, 4) is 11.4 Å². The molecule has 0 saturated carbocycles. The predicted molar refractivity (Wildman–Crippen MR) is 76.6 cm³/mol. The van der Waals surface area contributed by atoms with Crippen LogP contribution in [0.15, 0.2) is 36.5 Å². The van der Waals surface area contributed by atoms with Crippen molar-refractivity contribution in [1.82, 2.24) is 25.2 Å². The number of rotatable bonds is 3. The fourth-order valence-electron chi connectivity index (χ4n) is 1.88. The molecular weight excluding hydrogens is 316 g/mol. The van der Waals surface area contributed by atoms with Crippen LogP contribution in [0.25, 0.3) is 11.4 Å². The van der Waals surface area contributed by atoms with Crippen LogP contribution in [0.2, 0.25) is 10.0 Å². The molecule has 0 saturated heterocycles. The minimum Gasteiger partial charge on any atom is -0.228 e. The summed E-state index contributed by atoms with van der Waals surface area (Å²) in [6, 6.07) is 8.42. The second-order valence-corrected chi connectivity index (χ2v) is 5.00. The third-order valence-corrected chi connectivity index (χ3v) is 3.70. The first kappa shape index (κ1) is 13.9. The fourth-order valence-corrected chi connectivity index (χ4v) is 2.26. The molecule has 0 aliphatic rings.